The molecule has 1 aliphatic rings. The van der Waals surface area contributed by atoms with Gasteiger partial charge in [-0.25, -0.2) is 9.18 Å². The van der Waals surface area contributed by atoms with Crippen molar-refractivity contribution >= 4 is 18.2 Å². The van der Waals surface area contributed by atoms with Crippen LogP contribution in [0.5, 0.6) is 0 Å². The van der Waals surface area contributed by atoms with Crippen molar-refractivity contribution in [2.24, 2.45) is 4.99 Å². The fraction of sp³-hybridized carbons (Fsp3) is 0.444. The average molecular weight is 268 g/mol. The second kappa shape index (κ2) is 5.61. The largest absolute Gasteiger partial charge is 0.454 e. The standard InChI is InChI=1S/C9H8F4N2O3/c10-6(9(11,12)13)1-4-18-8(17)7(16)15-3-2-14-5-15/h1,5H,2-4H2/b6-1-. The van der Waals surface area contributed by atoms with Crippen molar-refractivity contribution in [1.82, 2.24) is 4.90 Å². The molecular formula is C9H8F4N2O3. The van der Waals surface area contributed by atoms with E-state index in [-0.39, 0.29) is 12.6 Å². The van der Waals surface area contributed by atoms with Gasteiger partial charge in [-0.1, -0.05) is 0 Å². The summed E-state index contributed by atoms with van der Waals surface area (Å²) in [7, 11) is 0. The highest BCUT2D eigenvalue weighted by atomic mass is 19.4. The zero-order valence-electron chi connectivity index (χ0n) is 8.91. The zero-order chi connectivity index (χ0) is 13.8. The van der Waals surface area contributed by atoms with Crippen LogP contribution in [0.2, 0.25) is 0 Å². The third-order valence-electron chi connectivity index (χ3n) is 1.87. The first-order valence-corrected chi connectivity index (χ1v) is 4.73. The van der Waals surface area contributed by atoms with Crippen LogP contribution < -0.4 is 0 Å². The third kappa shape index (κ3) is 3.82. The molecule has 0 bridgehead atoms. The maximum Gasteiger partial charge on any atom is 0.442 e. The Morgan fingerprint density at radius 2 is 2.11 bits per heavy atom. The van der Waals surface area contributed by atoms with Gasteiger partial charge in [0.15, 0.2) is 0 Å². The lowest BCUT2D eigenvalue weighted by Gasteiger charge is -2.10. The number of allylic oxidation sites excluding steroid dienone is 1. The summed E-state index contributed by atoms with van der Waals surface area (Å²) < 4.78 is 51.6. The van der Waals surface area contributed by atoms with Crippen molar-refractivity contribution in [2.45, 2.75) is 6.18 Å². The lowest BCUT2D eigenvalue weighted by Crippen LogP contribution is -2.35. The predicted octanol–water partition coefficient (Wildman–Crippen LogP) is 0.816. The third-order valence-corrected chi connectivity index (χ3v) is 1.87. The Balaban J connectivity index is 2.42. The summed E-state index contributed by atoms with van der Waals surface area (Å²) in [5.74, 6) is -4.81. The number of carbonyl (C=O) groups excluding carboxylic acids is 2. The van der Waals surface area contributed by atoms with E-state index in [1.165, 1.54) is 0 Å². The van der Waals surface area contributed by atoms with Crippen LogP contribution in [0.1, 0.15) is 0 Å². The first-order valence-electron chi connectivity index (χ1n) is 4.73. The molecule has 0 saturated heterocycles. The van der Waals surface area contributed by atoms with E-state index >= 15 is 0 Å². The van der Waals surface area contributed by atoms with Crippen LogP contribution in [-0.4, -0.2) is 49.0 Å². The Kier molecular flexibility index (Phi) is 4.40. The number of amides is 1. The van der Waals surface area contributed by atoms with Gasteiger partial charge in [0.05, 0.1) is 12.9 Å². The Morgan fingerprint density at radius 1 is 1.44 bits per heavy atom. The quantitative estimate of drug-likeness (QED) is 0.423. The highest BCUT2D eigenvalue weighted by molar-refractivity contribution is 6.34. The Labute approximate surface area is 98.7 Å². The second-order valence-corrected chi connectivity index (χ2v) is 3.17. The van der Waals surface area contributed by atoms with E-state index < -0.39 is 30.5 Å². The van der Waals surface area contributed by atoms with Gasteiger partial charge in [-0.05, 0) is 6.08 Å². The smallest absolute Gasteiger partial charge is 0.442 e. The number of ether oxygens (including phenoxy) is 1. The minimum atomic E-state index is -5.13. The summed E-state index contributed by atoms with van der Waals surface area (Å²) >= 11 is 0. The van der Waals surface area contributed by atoms with Crippen molar-refractivity contribution in [2.75, 3.05) is 19.7 Å². The van der Waals surface area contributed by atoms with Gasteiger partial charge in [-0.2, -0.15) is 13.2 Å². The van der Waals surface area contributed by atoms with E-state index in [9.17, 15) is 27.2 Å². The SMILES string of the molecule is O=C(OC/C=C(\F)C(F)(F)F)C(=O)N1C=NCC1. The number of halogens is 4. The van der Waals surface area contributed by atoms with Crippen LogP contribution in [0.15, 0.2) is 16.9 Å². The van der Waals surface area contributed by atoms with E-state index in [1.807, 2.05) is 0 Å². The van der Waals surface area contributed by atoms with Gasteiger partial charge >= 0.3 is 18.1 Å². The number of alkyl halides is 3. The van der Waals surface area contributed by atoms with Crippen LogP contribution in [0, 0.1) is 0 Å². The molecule has 1 heterocycles. The molecule has 1 amide bonds. The Bertz CT molecular complexity index is 403. The second-order valence-electron chi connectivity index (χ2n) is 3.17. The van der Waals surface area contributed by atoms with E-state index in [1.54, 1.807) is 0 Å². The zero-order valence-corrected chi connectivity index (χ0v) is 8.91. The predicted molar refractivity (Wildman–Crippen MR) is 51.3 cm³/mol. The molecule has 0 atom stereocenters. The summed E-state index contributed by atoms with van der Waals surface area (Å²) in [5, 5.41) is 0. The van der Waals surface area contributed by atoms with Crippen LogP contribution in [-0.2, 0) is 14.3 Å². The highest BCUT2D eigenvalue weighted by Crippen LogP contribution is 2.25. The molecule has 5 nitrogen and oxygen atoms in total. The summed E-state index contributed by atoms with van der Waals surface area (Å²) in [6.45, 7) is -0.441. The van der Waals surface area contributed by atoms with Crippen molar-refractivity contribution in [3.8, 4) is 0 Å². The normalized spacial score (nSPS) is 16.0. The molecule has 0 aliphatic carbocycles. The molecular weight excluding hydrogens is 260 g/mol. The molecule has 0 radical (unpaired) electrons. The van der Waals surface area contributed by atoms with Gasteiger partial charge in [0.1, 0.15) is 6.61 Å². The van der Waals surface area contributed by atoms with Crippen molar-refractivity contribution in [3.63, 3.8) is 0 Å². The monoisotopic (exact) mass is 268 g/mol. The lowest BCUT2D eigenvalue weighted by molar-refractivity contribution is -0.157. The molecule has 0 unspecified atom stereocenters. The lowest BCUT2D eigenvalue weighted by atomic mass is 10.4. The summed E-state index contributed by atoms with van der Waals surface area (Å²) in [5.41, 5.74) is 0. The number of rotatable bonds is 2. The van der Waals surface area contributed by atoms with E-state index in [0.29, 0.717) is 6.54 Å². The van der Waals surface area contributed by atoms with Crippen LogP contribution in [0.4, 0.5) is 17.6 Å². The van der Waals surface area contributed by atoms with Crippen LogP contribution >= 0.6 is 0 Å². The summed E-state index contributed by atoms with van der Waals surface area (Å²) in [4.78, 5) is 26.9. The van der Waals surface area contributed by atoms with E-state index in [4.69, 9.17) is 0 Å². The molecule has 9 heteroatoms. The minimum Gasteiger partial charge on any atom is -0.454 e. The molecule has 0 N–H and O–H groups in total. The molecule has 0 aromatic heterocycles. The molecule has 0 spiro atoms. The van der Waals surface area contributed by atoms with Crippen LogP contribution in [0.25, 0.3) is 0 Å². The van der Waals surface area contributed by atoms with Gasteiger partial charge in [0.25, 0.3) is 0 Å². The summed E-state index contributed by atoms with van der Waals surface area (Å²) in [6.07, 6.45) is -3.98. The minimum absolute atomic E-state index is 0.0310. The van der Waals surface area contributed by atoms with E-state index in [2.05, 4.69) is 9.73 Å². The number of carbonyl (C=O) groups is 2. The number of esters is 1. The average Bonchev–Trinajstić information content (AvgIpc) is 2.79. The number of aliphatic imine (C=N–C) groups is 1. The van der Waals surface area contributed by atoms with Gasteiger partial charge in [-0.15, -0.1) is 0 Å². The van der Waals surface area contributed by atoms with Crippen molar-refractivity contribution in [1.29, 1.82) is 0 Å². The fourth-order valence-corrected chi connectivity index (χ4v) is 1.02. The van der Waals surface area contributed by atoms with Crippen molar-refractivity contribution < 1.29 is 31.9 Å². The number of hydrogen-bond donors (Lipinski definition) is 0. The maximum absolute atomic E-state index is 12.3. The van der Waals surface area contributed by atoms with Gasteiger partial charge in [0, 0.05) is 6.54 Å². The molecule has 100 valence electrons. The van der Waals surface area contributed by atoms with Gasteiger partial charge in [-0.3, -0.25) is 14.7 Å². The molecule has 0 saturated carbocycles. The van der Waals surface area contributed by atoms with Gasteiger partial charge < -0.3 is 4.74 Å². The molecule has 0 fully saturated rings. The molecule has 18 heavy (non-hydrogen) atoms. The first kappa shape index (κ1) is 14.1. The topological polar surface area (TPSA) is 59.0 Å². The number of nitrogens with zero attached hydrogens (tertiary/aromatic N) is 2. The summed E-state index contributed by atoms with van der Waals surface area (Å²) in [6, 6.07) is 0. The molecule has 1 rings (SSSR count). The molecule has 0 aromatic rings. The molecule has 1 aliphatic heterocycles. The van der Waals surface area contributed by atoms with E-state index in [0.717, 1.165) is 11.2 Å². The number of hydrogen-bond acceptors (Lipinski definition) is 4. The molecule has 0 aromatic carbocycles. The first-order chi connectivity index (χ1) is 8.32. The van der Waals surface area contributed by atoms with Crippen LogP contribution in [0.3, 0.4) is 0 Å². The Hall–Kier alpha value is -1.93. The maximum atomic E-state index is 12.3. The Morgan fingerprint density at radius 3 is 2.61 bits per heavy atom. The van der Waals surface area contributed by atoms with Gasteiger partial charge in [0.2, 0.25) is 5.83 Å². The van der Waals surface area contributed by atoms with Crippen molar-refractivity contribution in [3.05, 3.63) is 11.9 Å². The highest BCUT2D eigenvalue weighted by Gasteiger charge is 2.34. The fourth-order valence-electron chi connectivity index (χ4n) is 1.02.